The minimum Gasteiger partial charge on any atom is -0.497 e. The second-order valence-corrected chi connectivity index (χ2v) is 4.75. The third-order valence-electron chi connectivity index (χ3n) is 3.34. The maximum atomic E-state index is 13.8. The highest BCUT2D eigenvalue weighted by molar-refractivity contribution is 5.44. The minimum absolute atomic E-state index is 0.267. The molecule has 0 unspecified atom stereocenters. The van der Waals surface area contributed by atoms with Crippen molar-refractivity contribution < 1.29 is 18.6 Å². The van der Waals surface area contributed by atoms with Crippen molar-refractivity contribution in [3.8, 4) is 17.2 Å². The number of hydrogen-bond acceptors (Lipinski definition) is 4. The van der Waals surface area contributed by atoms with Crippen LogP contribution in [0.3, 0.4) is 0 Å². The van der Waals surface area contributed by atoms with Crippen LogP contribution in [-0.4, -0.2) is 13.9 Å². The van der Waals surface area contributed by atoms with Gasteiger partial charge in [0.05, 0.1) is 7.11 Å². The van der Waals surface area contributed by atoms with Crippen molar-refractivity contribution in [2.24, 2.45) is 0 Å². The maximum Gasteiger partial charge on any atom is 0.231 e. The van der Waals surface area contributed by atoms with E-state index in [4.69, 9.17) is 14.2 Å². The first kappa shape index (κ1) is 13.7. The van der Waals surface area contributed by atoms with Crippen molar-refractivity contribution in [3.63, 3.8) is 0 Å². The van der Waals surface area contributed by atoms with Crippen LogP contribution < -0.4 is 19.5 Å². The van der Waals surface area contributed by atoms with Crippen LogP contribution in [0.15, 0.2) is 36.4 Å². The Bertz CT molecular complexity index is 645. The van der Waals surface area contributed by atoms with Gasteiger partial charge in [-0.15, -0.1) is 0 Å². The van der Waals surface area contributed by atoms with Gasteiger partial charge in [0.25, 0.3) is 0 Å². The van der Waals surface area contributed by atoms with Crippen LogP contribution in [0.25, 0.3) is 0 Å². The van der Waals surface area contributed by atoms with Crippen LogP contribution in [0.5, 0.6) is 17.2 Å². The Morgan fingerprint density at radius 1 is 1.10 bits per heavy atom. The van der Waals surface area contributed by atoms with Gasteiger partial charge in [0.2, 0.25) is 6.79 Å². The van der Waals surface area contributed by atoms with Gasteiger partial charge in [0.15, 0.2) is 11.5 Å². The molecule has 1 heterocycles. The van der Waals surface area contributed by atoms with E-state index in [1.54, 1.807) is 12.1 Å². The first-order chi connectivity index (χ1) is 10.3. The fourth-order valence-corrected chi connectivity index (χ4v) is 2.19. The predicted molar refractivity (Wildman–Crippen MR) is 76.1 cm³/mol. The second kappa shape index (κ2) is 6.01. The van der Waals surface area contributed by atoms with Crippen LogP contribution in [0.1, 0.15) is 11.1 Å². The molecule has 0 atom stereocenters. The van der Waals surface area contributed by atoms with Gasteiger partial charge in [0.1, 0.15) is 11.6 Å². The molecule has 1 N–H and O–H groups in total. The highest BCUT2D eigenvalue weighted by Crippen LogP contribution is 2.32. The molecule has 0 fully saturated rings. The van der Waals surface area contributed by atoms with Crippen molar-refractivity contribution in [2.75, 3.05) is 13.9 Å². The van der Waals surface area contributed by atoms with Crippen LogP contribution in [0, 0.1) is 5.82 Å². The Balaban J connectivity index is 1.58. The highest BCUT2D eigenvalue weighted by Gasteiger charge is 2.13. The molecule has 0 aromatic heterocycles. The molecule has 5 heteroatoms. The van der Waals surface area contributed by atoms with E-state index in [1.807, 2.05) is 18.2 Å². The molecule has 1 aliphatic heterocycles. The monoisotopic (exact) mass is 289 g/mol. The fourth-order valence-electron chi connectivity index (χ4n) is 2.19. The Morgan fingerprint density at radius 3 is 2.76 bits per heavy atom. The fraction of sp³-hybridized carbons (Fsp3) is 0.250. The molecule has 0 aliphatic carbocycles. The zero-order chi connectivity index (χ0) is 14.7. The van der Waals surface area contributed by atoms with E-state index in [-0.39, 0.29) is 12.6 Å². The molecular weight excluding hydrogens is 273 g/mol. The third kappa shape index (κ3) is 3.08. The lowest BCUT2D eigenvalue weighted by Crippen LogP contribution is -2.13. The molecule has 2 aromatic rings. The van der Waals surface area contributed by atoms with E-state index in [0.717, 1.165) is 17.1 Å². The SMILES string of the molecule is COc1ccc(CNCc2ccc3c(c2)OCO3)c(F)c1. The molecule has 4 nitrogen and oxygen atoms in total. The summed E-state index contributed by atoms with van der Waals surface area (Å²) in [5.74, 6) is 1.77. The van der Waals surface area contributed by atoms with E-state index in [1.165, 1.54) is 13.2 Å². The van der Waals surface area contributed by atoms with Gasteiger partial charge in [-0.25, -0.2) is 4.39 Å². The lowest BCUT2D eigenvalue weighted by atomic mass is 10.1. The second-order valence-electron chi connectivity index (χ2n) is 4.75. The van der Waals surface area contributed by atoms with Gasteiger partial charge < -0.3 is 19.5 Å². The van der Waals surface area contributed by atoms with Gasteiger partial charge in [-0.05, 0) is 23.8 Å². The first-order valence-electron chi connectivity index (χ1n) is 6.68. The topological polar surface area (TPSA) is 39.7 Å². The summed E-state index contributed by atoms with van der Waals surface area (Å²) >= 11 is 0. The smallest absolute Gasteiger partial charge is 0.231 e. The number of ether oxygens (including phenoxy) is 3. The maximum absolute atomic E-state index is 13.8. The van der Waals surface area contributed by atoms with Crippen LogP contribution in [-0.2, 0) is 13.1 Å². The average Bonchev–Trinajstić information content (AvgIpc) is 2.96. The van der Waals surface area contributed by atoms with Crippen molar-refractivity contribution in [3.05, 3.63) is 53.3 Å². The third-order valence-corrected chi connectivity index (χ3v) is 3.34. The van der Waals surface area contributed by atoms with Gasteiger partial charge in [-0.3, -0.25) is 0 Å². The van der Waals surface area contributed by atoms with Crippen molar-refractivity contribution in [1.29, 1.82) is 0 Å². The quantitative estimate of drug-likeness (QED) is 0.919. The summed E-state index contributed by atoms with van der Waals surface area (Å²) in [7, 11) is 1.52. The van der Waals surface area contributed by atoms with Crippen LogP contribution >= 0.6 is 0 Å². The molecular formula is C16H16FNO3. The summed E-state index contributed by atoms with van der Waals surface area (Å²) in [6.45, 7) is 1.34. The van der Waals surface area contributed by atoms with Gasteiger partial charge in [-0.1, -0.05) is 12.1 Å². The van der Waals surface area contributed by atoms with Gasteiger partial charge in [-0.2, -0.15) is 0 Å². The number of nitrogens with one attached hydrogen (secondary N) is 1. The lowest BCUT2D eigenvalue weighted by molar-refractivity contribution is 0.174. The minimum atomic E-state index is -0.271. The van der Waals surface area contributed by atoms with E-state index in [9.17, 15) is 4.39 Å². The molecule has 0 saturated carbocycles. The first-order valence-corrected chi connectivity index (χ1v) is 6.68. The zero-order valence-electron chi connectivity index (χ0n) is 11.7. The molecule has 0 spiro atoms. The molecule has 3 rings (SSSR count). The Hall–Kier alpha value is -2.27. The molecule has 21 heavy (non-hydrogen) atoms. The standard InChI is InChI=1S/C16H16FNO3/c1-19-13-4-3-12(14(17)7-13)9-18-8-11-2-5-15-16(6-11)21-10-20-15/h2-7,18H,8-10H2,1H3. The number of hydrogen-bond donors (Lipinski definition) is 1. The summed E-state index contributed by atoms with van der Waals surface area (Å²) in [4.78, 5) is 0. The molecule has 110 valence electrons. The van der Waals surface area contributed by atoms with E-state index >= 15 is 0 Å². The van der Waals surface area contributed by atoms with Crippen LogP contribution in [0.2, 0.25) is 0 Å². The summed E-state index contributed by atoms with van der Waals surface area (Å²) < 4.78 is 29.4. The van der Waals surface area contributed by atoms with E-state index in [2.05, 4.69) is 5.32 Å². The van der Waals surface area contributed by atoms with Crippen molar-refractivity contribution in [2.45, 2.75) is 13.1 Å². The summed E-state index contributed by atoms with van der Waals surface area (Å²) in [6, 6.07) is 10.6. The normalized spacial score (nSPS) is 12.5. The van der Waals surface area contributed by atoms with E-state index in [0.29, 0.717) is 24.4 Å². The van der Waals surface area contributed by atoms with Gasteiger partial charge in [0, 0.05) is 24.7 Å². The number of methoxy groups -OCH3 is 1. The summed E-state index contributed by atoms with van der Waals surface area (Å²) in [5.41, 5.74) is 1.67. The summed E-state index contributed by atoms with van der Waals surface area (Å²) in [6.07, 6.45) is 0. The van der Waals surface area contributed by atoms with E-state index < -0.39 is 0 Å². The zero-order valence-corrected chi connectivity index (χ0v) is 11.7. The van der Waals surface area contributed by atoms with Crippen molar-refractivity contribution >= 4 is 0 Å². The van der Waals surface area contributed by atoms with Crippen molar-refractivity contribution in [1.82, 2.24) is 5.32 Å². The molecule has 1 aliphatic rings. The summed E-state index contributed by atoms with van der Waals surface area (Å²) in [5, 5.41) is 3.21. The lowest BCUT2D eigenvalue weighted by Gasteiger charge is -2.08. The predicted octanol–water partition coefficient (Wildman–Crippen LogP) is 2.85. The Morgan fingerprint density at radius 2 is 1.95 bits per heavy atom. The number of halogens is 1. The largest absolute Gasteiger partial charge is 0.497 e. The molecule has 0 radical (unpaired) electrons. The number of rotatable bonds is 5. The highest BCUT2D eigenvalue weighted by atomic mass is 19.1. The molecule has 0 bridgehead atoms. The Kier molecular flexibility index (Phi) is 3.92. The molecule has 0 amide bonds. The van der Waals surface area contributed by atoms with Crippen LogP contribution in [0.4, 0.5) is 4.39 Å². The Labute approximate surface area is 122 Å². The molecule has 2 aromatic carbocycles. The molecule has 0 saturated heterocycles. The van der Waals surface area contributed by atoms with Gasteiger partial charge >= 0.3 is 0 Å². The average molecular weight is 289 g/mol. The number of fused-ring (bicyclic) bond motifs is 1. The number of benzene rings is 2.